The number of pyridine rings is 1. The van der Waals surface area contributed by atoms with E-state index in [1.807, 2.05) is 0 Å². The number of piperazine rings is 1. The van der Waals surface area contributed by atoms with Gasteiger partial charge in [-0.25, -0.2) is 13.6 Å². The second kappa shape index (κ2) is 12.1. The molecular weight excluding hydrogens is 693 g/mol. The van der Waals surface area contributed by atoms with Crippen LogP contribution in [0.3, 0.4) is 0 Å². The van der Waals surface area contributed by atoms with Gasteiger partial charge in [-0.2, -0.15) is 18.2 Å². The highest BCUT2D eigenvalue weighted by Gasteiger charge is 2.40. The Morgan fingerprint density at radius 2 is 1.80 bits per heavy atom. The lowest BCUT2D eigenvalue weighted by Crippen LogP contribution is -2.58. The highest BCUT2D eigenvalue weighted by Crippen LogP contribution is 2.50. The van der Waals surface area contributed by atoms with Gasteiger partial charge in [-0.05, 0) is 60.1 Å². The fourth-order valence-corrected chi connectivity index (χ4v) is 8.15. The van der Waals surface area contributed by atoms with Gasteiger partial charge in [0.05, 0.1) is 15.6 Å². The number of thioether (sulfide) groups is 1. The summed E-state index contributed by atoms with van der Waals surface area (Å²) in [6.07, 6.45) is -2.16. The first-order chi connectivity index (χ1) is 21.8. The molecule has 3 unspecified atom stereocenters. The number of benzene rings is 2. The third-order valence-corrected chi connectivity index (χ3v) is 10.2. The Morgan fingerprint density at radius 3 is 2.43 bits per heavy atom. The lowest BCUT2D eigenvalue weighted by molar-refractivity contribution is -0.137. The Labute approximate surface area is 273 Å². The van der Waals surface area contributed by atoms with Crippen molar-refractivity contribution in [3.63, 3.8) is 0 Å². The minimum Gasteiger partial charge on any atom is -0.352 e. The van der Waals surface area contributed by atoms with E-state index >= 15 is 17.6 Å². The summed E-state index contributed by atoms with van der Waals surface area (Å²) in [5.41, 5.74) is -1.98. The number of aromatic nitrogens is 3. The zero-order valence-electron chi connectivity index (χ0n) is 24.6. The average Bonchev–Trinajstić information content (AvgIpc) is 3.21. The van der Waals surface area contributed by atoms with Crippen molar-refractivity contribution in [3.8, 4) is 11.1 Å². The molecule has 2 aliphatic heterocycles. The Kier molecular flexibility index (Phi) is 8.47. The van der Waals surface area contributed by atoms with Crippen molar-refractivity contribution in [1.29, 1.82) is 0 Å². The SMILES string of the molecule is C=CC(=O)N1C(C)CN(c2nc(=O)n3c4c(c(-c5cc(Br)c(F)cc5F)c(C(F)(F)F)cc24)SCC(c2ccccn2)C3)CC1C. The second-order valence-electron chi connectivity index (χ2n) is 11.4. The minimum absolute atomic E-state index is 0.0305. The molecule has 0 spiro atoms. The van der Waals surface area contributed by atoms with Crippen molar-refractivity contribution in [2.75, 3.05) is 23.7 Å². The number of carbonyl (C=O) groups excluding carboxylic acids is 1. The third-order valence-electron chi connectivity index (χ3n) is 8.37. The highest BCUT2D eigenvalue weighted by molar-refractivity contribution is 9.10. The minimum atomic E-state index is -4.96. The maximum absolute atomic E-state index is 15.5. The summed E-state index contributed by atoms with van der Waals surface area (Å²) in [6.45, 7) is 7.61. The van der Waals surface area contributed by atoms with Gasteiger partial charge in [0.25, 0.3) is 0 Å². The van der Waals surface area contributed by atoms with E-state index < -0.39 is 46.1 Å². The number of halogens is 6. The Balaban J connectivity index is 1.66. The summed E-state index contributed by atoms with van der Waals surface area (Å²) < 4.78 is 75.9. The maximum Gasteiger partial charge on any atom is 0.417 e. The smallest absolute Gasteiger partial charge is 0.352 e. The van der Waals surface area contributed by atoms with Gasteiger partial charge >= 0.3 is 11.9 Å². The van der Waals surface area contributed by atoms with Crippen LogP contribution in [0.5, 0.6) is 0 Å². The number of hydrogen-bond acceptors (Lipinski definition) is 6. The van der Waals surface area contributed by atoms with Gasteiger partial charge in [-0.15, -0.1) is 11.8 Å². The molecule has 6 rings (SSSR count). The third kappa shape index (κ3) is 5.59. The van der Waals surface area contributed by atoms with Crippen LogP contribution in [0.15, 0.2) is 69.4 Å². The van der Waals surface area contributed by atoms with E-state index in [1.54, 1.807) is 48.0 Å². The van der Waals surface area contributed by atoms with Gasteiger partial charge in [0.1, 0.15) is 17.5 Å². The van der Waals surface area contributed by atoms with Crippen LogP contribution in [-0.2, 0) is 17.5 Å². The van der Waals surface area contributed by atoms with Crippen LogP contribution in [0.1, 0.15) is 31.0 Å². The molecule has 0 N–H and O–H groups in total. The Hall–Kier alpha value is -3.78. The van der Waals surface area contributed by atoms with Crippen LogP contribution >= 0.6 is 27.7 Å². The van der Waals surface area contributed by atoms with E-state index in [2.05, 4.69) is 32.5 Å². The van der Waals surface area contributed by atoms with Crippen molar-refractivity contribution >= 4 is 50.3 Å². The molecule has 0 aliphatic carbocycles. The molecular formula is C32H27BrF5N5O2S. The molecule has 2 aromatic carbocycles. The molecule has 0 radical (unpaired) electrons. The number of rotatable bonds is 4. The predicted octanol–water partition coefficient (Wildman–Crippen LogP) is 7.02. The number of carbonyl (C=O) groups is 1. The topological polar surface area (TPSA) is 71.3 Å². The first-order valence-electron chi connectivity index (χ1n) is 14.4. The largest absolute Gasteiger partial charge is 0.417 e. The van der Waals surface area contributed by atoms with Crippen LogP contribution in [0.4, 0.5) is 27.8 Å². The fraction of sp³-hybridized carbons (Fsp3) is 0.312. The zero-order chi connectivity index (χ0) is 33.1. The number of alkyl halides is 3. The molecule has 3 atom stereocenters. The number of anilines is 1. The quantitative estimate of drug-likeness (QED) is 0.128. The van der Waals surface area contributed by atoms with Crippen molar-refractivity contribution < 1.29 is 26.7 Å². The van der Waals surface area contributed by atoms with Gasteiger partial charge in [-0.1, -0.05) is 12.6 Å². The van der Waals surface area contributed by atoms with Crippen LogP contribution in [0.2, 0.25) is 0 Å². The summed E-state index contributed by atoms with van der Waals surface area (Å²) in [7, 11) is 0. The van der Waals surface area contributed by atoms with Crippen LogP contribution < -0.4 is 10.6 Å². The fourth-order valence-electron chi connectivity index (χ4n) is 6.44. The summed E-state index contributed by atoms with van der Waals surface area (Å²) in [5.74, 6) is -2.57. The van der Waals surface area contributed by atoms with Crippen molar-refractivity contribution in [3.05, 3.63) is 93.1 Å². The van der Waals surface area contributed by atoms with Crippen LogP contribution in [-0.4, -0.2) is 56.3 Å². The number of amides is 1. The first-order valence-corrected chi connectivity index (χ1v) is 16.1. The zero-order valence-corrected chi connectivity index (χ0v) is 27.0. The van der Waals surface area contributed by atoms with Gasteiger partial charge in [0.2, 0.25) is 5.91 Å². The van der Waals surface area contributed by atoms with Crippen LogP contribution in [0.25, 0.3) is 22.0 Å². The summed E-state index contributed by atoms with van der Waals surface area (Å²) in [5, 5.41) is 0.0596. The van der Waals surface area contributed by atoms with Gasteiger partial charge in [0, 0.05) is 82.8 Å². The molecule has 4 heterocycles. The summed E-state index contributed by atoms with van der Waals surface area (Å²) >= 11 is 4.06. The van der Waals surface area contributed by atoms with Crippen molar-refractivity contribution in [1.82, 2.24) is 19.4 Å². The normalized spacial score (nSPS) is 20.1. The van der Waals surface area contributed by atoms with E-state index in [9.17, 15) is 14.0 Å². The molecule has 1 saturated heterocycles. The van der Waals surface area contributed by atoms with Crippen LogP contribution in [0, 0.1) is 11.6 Å². The van der Waals surface area contributed by atoms with E-state index in [0.717, 1.165) is 23.9 Å². The molecule has 1 fully saturated rings. The number of hydrogen-bond donors (Lipinski definition) is 0. The van der Waals surface area contributed by atoms with E-state index in [0.29, 0.717) is 11.8 Å². The van der Waals surface area contributed by atoms with Crippen molar-refractivity contribution in [2.24, 2.45) is 0 Å². The average molecular weight is 721 g/mol. The summed E-state index contributed by atoms with van der Waals surface area (Å²) in [6, 6.07) is 6.96. The molecule has 0 bridgehead atoms. The molecule has 46 heavy (non-hydrogen) atoms. The molecule has 0 saturated carbocycles. The lowest BCUT2D eigenvalue weighted by Gasteiger charge is -2.44. The standard InChI is InChI=1S/C32H27BrF5N5O2S/c1-4-26(44)43-16(2)12-41(13-17(43)3)30-20-9-21(32(36,37)38)27(19-10-22(33)24(35)11-23(19)34)29-28(20)42(31(45)40-30)14-18(15-46-29)25-7-5-6-8-39-25/h4-11,16-18H,1,12-15H2,2-3H3. The molecule has 4 aromatic rings. The first kappa shape index (κ1) is 32.2. The Morgan fingerprint density at radius 1 is 1.09 bits per heavy atom. The summed E-state index contributed by atoms with van der Waals surface area (Å²) in [4.78, 5) is 38.6. The predicted molar refractivity (Wildman–Crippen MR) is 170 cm³/mol. The monoisotopic (exact) mass is 719 g/mol. The molecule has 14 heteroatoms. The second-order valence-corrected chi connectivity index (χ2v) is 13.3. The Bertz CT molecular complexity index is 1930. The van der Waals surface area contributed by atoms with E-state index in [1.165, 1.54) is 10.6 Å². The van der Waals surface area contributed by atoms with Gasteiger partial charge in [-0.3, -0.25) is 14.3 Å². The van der Waals surface area contributed by atoms with Gasteiger partial charge in [0.15, 0.2) is 0 Å². The molecule has 1 amide bonds. The molecule has 7 nitrogen and oxygen atoms in total. The van der Waals surface area contributed by atoms with E-state index in [4.69, 9.17) is 0 Å². The molecule has 240 valence electrons. The maximum atomic E-state index is 15.5. The lowest BCUT2D eigenvalue weighted by atomic mass is 9.95. The van der Waals surface area contributed by atoms with E-state index in [-0.39, 0.29) is 69.5 Å². The van der Waals surface area contributed by atoms with Gasteiger partial charge < -0.3 is 9.80 Å². The highest BCUT2D eigenvalue weighted by atomic mass is 79.9. The molecule has 2 aliphatic rings. The van der Waals surface area contributed by atoms with Crippen molar-refractivity contribution in [2.45, 2.75) is 49.5 Å². The number of nitrogens with zero attached hydrogens (tertiary/aromatic N) is 5. The molecule has 2 aromatic heterocycles.